The highest BCUT2D eigenvalue weighted by Crippen LogP contribution is 2.40. The molecule has 0 bridgehead atoms. The molecule has 0 radical (unpaired) electrons. The van der Waals surface area contributed by atoms with Gasteiger partial charge in [-0.05, 0) is 19.9 Å². The third kappa shape index (κ3) is 1.99. The van der Waals surface area contributed by atoms with E-state index in [2.05, 4.69) is 10.2 Å². The Morgan fingerprint density at radius 1 is 1.33 bits per heavy atom. The summed E-state index contributed by atoms with van der Waals surface area (Å²) in [6.07, 6.45) is 0. The van der Waals surface area contributed by atoms with Crippen LogP contribution in [0.1, 0.15) is 26.8 Å². The summed E-state index contributed by atoms with van der Waals surface area (Å²) in [6.45, 7) is 5.26. The molecule has 0 spiro atoms. The Morgan fingerprint density at radius 3 is 2.61 bits per heavy atom. The van der Waals surface area contributed by atoms with Gasteiger partial charge in [0.15, 0.2) is 5.69 Å². The predicted molar refractivity (Wildman–Crippen MR) is 69.2 cm³/mol. The molecular weight excluding hydrogens is 230 g/mol. The molecule has 1 N–H and O–H groups in total. The van der Waals surface area contributed by atoms with Gasteiger partial charge in [0, 0.05) is 18.4 Å². The highest BCUT2D eigenvalue weighted by atomic mass is 16.3. The van der Waals surface area contributed by atoms with Gasteiger partial charge >= 0.3 is 0 Å². The van der Waals surface area contributed by atoms with Gasteiger partial charge in [0.25, 0.3) is 5.91 Å². The lowest BCUT2D eigenvalue weighted by Crippen LogP contribution is -1.98. The van der Waals surface area contributed by atoms with Gasteiger partial charge in [-0.15, -0.1) is 10.2 Å². The van der Waals surface area contributed by atoms with Crippen LogP contribution in [0.5, 0.6) is 5.88 Å². The number of benzene rings is 1. The molecule has 0 unspecified atom stereocenters. The fourth-order valence-electron chi connectivity index (χ4n) is 1.97. The van der Waals surface area contributed by atoms with E-state index < -0.39 is 5.91 Å². The molecule has 1 aromatic carbocycles. The van der Waals surface area contributed by atoms with Crippen LogP contribution < -0.4 is 0 Å². The number of aromatic hydroxyl groups is 1. The van der Waals surface area contributed by atoms with Gasteiger partial charge < -0.3 is 9.67 Å². The number of amides is 1. The van der Waals surface area contributed by atoms with Gasteiger partial charge in [0.1, 0.15) is 0 Å². The summed E-state index contributed by atoms with van der Waals surface area (Å²) in [6, 6.07) is 7.60. The highest BCUT2D eigenvalue weighted by Gasteiger charge is 2.17. The number of carbonyl (C=O) groups is 1. The minimum atomic E-state index is -0.393. The van der Waals surface area contributed by atoms with Crippen LogP contribution in [0.3, 0.4) is 0 Å². The number of fused-ring (bicyclic) bond motifs is 1. The van der Waals surface area contributed by atoms with Gasteiger partial charge in [0.05, 0.1) is 5.52 Å². The number of hydrogen-bond acceptors (Lipinski definition) is 3. The average molecular weight is 245 g/mol. The maximum atomic E-state index is 10.9. The first-order valence-corrected chi connectivity index (χ1v) is 5.76. The molecule has 5 nitrogen and oxygen atoms in total. The smallest absolute Gasteiger partial charge is 0.261 e. The average Bonchev–Trinajstić information content (AvgIpc) is 2.58. The van der Waals surface area contributed by atoms with Crippen molar-refractivity contribution in [2.24, 2.45) is 10.2 Å². The van der Waals surface area contributed by atoms with E-state index in [0.717, 1.165) is 10.9 Å². The highest BCUT2D eigenvalue weighted by molar-refractivity contribution is 5.95. The maximum Gasteiger partial charge on any atom is 0.261 e. The standard InChI is InChI=1S/C13H15N3O2/c1-8(2)16-11-7-5-4-6-10(11)12(13(16)18)15-14-9(3)17/h4-8,18H,1-3H3. The second kappa shape index (κ2) is 4.60. The van der Waals surface area contributed by atoms with Crippen LogP contribution in [0.15, 0.2) is 34.5 Å². The van der Waals surface area contributed by atoms with E-state index in [1.54, 1.807) is 4.57 Å². The van der Waals surface area contributed by atoms with E-state index in [1.807, 2.05) is 38.1 Å². The van der Waals surface area contributed by atoms with Crippen molar-refractivity contribution in [1.29, 1.82) is 0 Å². The zero-order chi connectivity index (χ0) is 13.3. The van der Waals surface area contributed by atoms with Crippen LogP contribution in [-0.4, -0.2) is 15.6 Å². The second-order valence-corrected chi connectivity index (χ2v) is 4.37. The van der Waals surface area contributed by atoms with E-state index in [1.165, 1.54) is 6.92 Å². The van der Waals surface area contributed by atoms with Crippen molar-refractivity contribution in [3.8, 4) is 5.88 Å². The zero-order valence-corrected chi connectivity index (χ0v) is 10.6. The van der Waals surface area contributed by atoms with Crippen molar-refractivity contribution in [2.45, 2.75) is 26.8 Å². The number of nitrogens with zero attached hydrogens (tertiary/aromatic N) is 3. The van der Waals surface area contributed by atoms with Crippen molar-refractivity contribution in [1.82, 2.24) is 4.57 Å². The van der Waals surface area contributed by atoms with Crippen LogP contribution in [0, 0.1) is 0 Å². The fraction of sp³-hybridized carbons (Fsp3) is 0.308. The lowest BCUT2D eigenvalue weighted by Gasteiger charge is -2.10. The monoisotopic (exact) mass is 245 g/mol. The van der Waals surface area contributed by atoms with Gasteiger partial charge in [-0.1, -0.05) is 18.2 Å². The van der Waals surface area contributed by atoms with Crippen molar-refractivity contribution in [3.05, 3.63) is 24.3 Å². The van der Waals surface area contributed by atoms with Crippen molar-refractivity contribution in [3.63, 3.8) is 0 Å². The molecule has 0 saturated heterocycles. The third-order valence-corrected chi connectivity index (χ3v) is 2.67. The molecule has 5 heteroatoms. The summed E-state index contributed by atoms with van der Waals surface area (Å²) in [5.74, 6) is -0.355. The van der Waals surface area contributed by atoms with E-state index in [4.69, 9.17) is 0 Å². The molecule has 0 fully saturated rings. The number of para-hydroxylation sites is 1. The summed E-state index contributed by atoms with van der Waals surface area (Å²) < 4.78 is 1.77. The SMILES string of the molecule is CC(=O)N=Nc1c(O)n(C(C)C)c2ccccc12. The third-order valence-electron chi connectivity index (χ3n) is 2.67. The van der Waals surface area contributed by atoms with Crippen molar-refractivity contribution < 1.29 is 9.90 Å². The molecule has 1 aromatic heterocycles. The molecule has 0 atom stereocenters. The minimum Gasteiger partial charge on any atom is -0.493 e. The van der Waals surface area contributed by atoms with Crippen molar-refractivity contribution in [2.75, 3.05) is 0 Å². The van der Waals surface area contributed by atoms with Crippen LogP contribution in [0.2, 0.25) is 0 Å². The Morgan fingerprint density at radius 2 is 2.00 bits per heavy atom. The fourth-order valence-corrected chi connectivity index (χ4v) is 1.97. The summed E-state index contributed by atoms with van der Waals surface area (Å²) in [7, 11) is 0. The predicted octanol–water partition coefficient (Wildman–Crippen LogP) is 3.56. The normalized spacial score (nSPS) is 11.8. The van der Waals surface area contributed by atoms with Gasteiger partial charge in [-0.2, -0.15) is 0 Å². The van der Waals surface area contributed by atoms with E-state index in [9.17, 15) is 9.90 Å². The molecule has 2 rings (SSSR count). The number of aromatic nitrogens is 1. The Labute approximate surface area is 105 Å². The largest absolute Gasteiger partial charge is 0.493 e. The lowest BCUT2D eigenvalue weighted by molar-refractivity contribution is -0.116. The van der Waals surface area contributed by atoms with E-state index in [-0.39, 0.29) is 11.9 Å². The summed E-state index contributed by atoms with van der Waals surface area (Å²) >= 11 is 0. The second-order valence-electron chi connectivity index (χ2n) is 4.37. The molecule has 0 aliphatic rings. The first kappa shape index (κ1) is 12.3. The maximum absolute atomic E-state index is 10.9. The first-order valence-electron chi connectivity index (χ1n) is 5.76. The Kier molecular flexibility index (Phi) is 3.14. The van der Waals surface area contributed by atoms with Gasteiger partial charge in [0.2, 0.25) is 5.88 Å². The Hall–Kier alpha value is -2.17. The molecule has 2 aromatic rings. The quantitative estimate of drug-likeness (QED) is 0.822. The number of azo groups is 1. The number of hydrogen-bond donors (Lipinski definition) is 1. The van der Waals surface area contributed by atoms with Crippen LogP contribution in [0.25, 0.3) is 10.9 Å². The van der Waals surface area contributed by atoms with E-state index >= 15 is 0 Å². The van der Waals surface area contributed by atoms with Gasteiger partial charge in [-0.3, -0.25) is 4.79 Å². The molecular formula is C13H15N3O2. The van der Waals surface area contributed by atoms with Crippen molar-refractivity contribution >= 4 is 22.5 Å². The van der Waals surface area contributed by atoms with Crippen LogP contribution in [0.4, 0.5) is 5.69 Å². The lowest BCUT2D eigenvalue weighted by atomic mass is 10.2. The first-order chi connectivity index (χ1) is 8.52. The summed E-state index contributed by atoms with van der Waals surface area (Å²) in [5.41, 5.74) is 1.22. The molecule has 0 saturated carbocycles. The molecule has 1 amide bonds. The Balaban J connectivity index is 2.73. The minimum absolute atomic E-state index is 0.0381. The number of carbonyl (C=O) groups excluding carboxylic acids is 1. The van der Waals surface area contributed by atoms with Crippen LogP contribution in [-0.2, 0) is 4.79 Å². The van der Waals surface area contributed by atoms with E-state index in [0.29, 0.717) is 5.69 Å². The zero-order valence-electron chi connectivity index (χ0n) is 10.6. The summed E-state index contributed by atoms with van der Waals surface area (Å²) in [5, 5.41) is 18.3. The topological polar surface area (TPSA) is 66.9 Å². The molecule has 18 heavy (non-hydrogen) atoms. The number of rotatable bonds is 2. The molecule has 0 aliphatic heterocycles. The molecule has 94 valence electrons. The van der Waals surface area contributed by atoms with Gasteiger partial charge in [-0.25, -0.2) is 0 Å². The molecule has 1 heterocycles. The van der Waals surface area contributed by atoms with Crippen LogP contribution >= 0.6 is 0 Å². The summed E-state index contributed by atoms with van der Waals surface area (Å²) in [4.78, 5) is 10.9. The molecule has 0 aliphatic carbocycles. The Bertz CT molecular complexity index is 626.